The molecule has 1 amide bonds. The molecule has 34 heavy (non-hydrogen) atoms. The quantitative estimate of drug-likeness (QED) is 0.457. The van der Waals surface area contributed by atoms with Crippen LogP contribution in [0.3, 0.4) is 0 Å². The van der Waals surface area contributed by atoms with Crippen molar-refractivity contribution in [2.45, 2.75) is 34.1 Å². The predicted octanol–water partition coefficient (Wildman–Crippen LogP) is 2.06. The van der Waals surface area contributed by atoms with Crippen LogP contribution >= 0.6 is 0 Å². The lowest BCUT2D eigenvalue weighted by molar-refractivity contribution is 0.0997. The summed E-state index contributed by atoms with van der Waals surface area (Å²) in [6, 6.07) is 16.3. The standard InChI is InChI=1S/C24H22N2O6S2/c1-24(2,28)15-14-17-10-6-13-20(22(17)34(26,31)32)33(29,30)19-12-7-11-18(21(19)23(25)27)16-8-4-3-5-9-16/h3-13,28H,1-2H3,(H2,25,27)(H2,26,31,32). The van der Waals surface area contributed by atoms with Gasteiger partial charge in [0.1, 0.15) is 10.5 Å². The zero-order chi connectivity index (χ0) is 25.3. The zero-order valence-corrected chi connectivity index (χ0v) is 19.9. The van der Waals surface area contributed by atoms with Gasteiger partial charge >= 0.3 is 0 Å². The van der Waals surface area contributed by atoms with E-state index in [-0.39, 0.29) is 16.7 Å². The van der Waals surface area contributed by atoms with Gasteiger partial charge in [-0.2, -0.15) is 0 Å². The topological polar surface area (TPSA) is 158 Å². The molecular weight excluding hydrogens is 476 g/mol. The van der Waals surface area contributed by atoms with Gasteiger partial charge in [-0.1, -0.05) is 60.4 Å². The smallest absolute Gasteiger partial charge is 0.250 e. The van der Waals surface area contributed by atoms with Crippen LogP contribution in [0.25, 0.3) is 11.1 Å². The van der Waals surface area contributed by atoms with Crippen molar-refractivity contribution < 1.29 is 26.7 Å². The summed E-state index contributed by atoms with van der Waals surface area (Å²) in [6.45, 7) is 2.76. The van der Waals surface area contributed by atoms with Gasteiger partial charge in [-0.25, -0.2) is 22.0 Å². The number of carbonyl (C=O) groups is 1. The number of hydrogen-bond acceptors (Lipinski definition) is 6. The van der Waals surface area contributed by atoms with Crippen molar-refractivity contribution in [2.24, 2.45) is 10.9 Å². The lowest BCUT2D eigenvalue weighted by Gasteiger charge is -2.16. The van der Waals surface area contributed by atoms with Gasteiger partial charge in [0.2, 0.25) is 19.9 Å². The van der Waals surface area contributed by atoms with E-state index in [2.05, 4.69) is 11.8 Å². The molecule has 176 valence electrons. The fourth-order valence-corrected chi connectivity index (χ4v) is 6.36. The van der Waals surface area contributed by atoms with E-state index in [1.807, 2.05) is 0 Å². The Morgan fingerprint density at radius 3 is 2.03 bits per heavy atom. The maximum Gasteiger partial charge on any atom is 0.250 e. The summed E-state index contributed by atoms with van der Waals surface area (Å²) >= 11 is 0. The Morgan fingerprint density at radius 2 is 1.47 bits per heavy atom. The maximum atomic E-state index is 13.7. The Kier molecular flexibility index (Phi) is 6.68. The fourth-order valence-electron chi connectivity index (χ4n) is 3.33. The first-order chi connectivity index (χ1) is 15.7. The van der Waals surface area contributed by atoms with Crippen LogP contribution in [-0.2, 0) is 19.9 Å². The summed E-state index contributed by atoms with van der Waals surface area (Å²) in [5.41, 5.74) is 4.41. The average molecular weight is 499 g/mol. The van der Waals surface area contributed by atoms with Gasteiger partial charge in [-0.05, 0) is 43.2 Å². The van der Waals surface area contributed by atoms with Crippen LogP contribution < -0.4 is 10.9 Å². The summed E-state index contributed by atoms with van der Waals surface area (Å²) in [5, 5.41) is 15.3. The summed E-state index contributed by atoms with van der Waals surface area (Å²) < 4.78 is 52.4. The summed E-state index contributed by atoms with van der Waals surface area (Å²) in [7, 11) is -9.22. The molecule has 3 aromatic rings. The van der Waals surface area contributed by atoms with Gasteiger partial charge in [0.05, 0.1) is 15.4 Å². The van der Waals surface area contributed by atoms with Crippen molar-refractivity contribution >= 4 is 25.8 Å². The molecule has 3 aromatic carbocycles. The largest absolute Gasteiger partial charge is 0.378 e. The molecule has 0 fully saturated rings. The van der Waals surface area contributed by atoms with Crippen molar-refractivity contribution in [1.29, 1.82) is 0 Å². The van der Waals surface area contributed by atoms with Crippen molar-refractivity contribution in [3.05, 3.63) is 77.9 Å². The molecule has 0 aliphatic carbocycles. The molecule has 8 nitrogen and oxygen atoms in total. The van der Waals surface area contributed by atoms with Gasteiger partial charge in [0, 0.05) is 5.56 Å². The van der Waals surface area contributed by atoms with Crippen LogP contribution in [0.4, 0.5) is 0 Å². The number of hydrogen-bond donors (Lipinski definition) is 3. The number of nitrogens with two attached hydrogens (primary N) is 2. The van der Waals surface area contributed by atoms with Crippen molar-refractivity contribution in [3.63, 3.8) is 0 Å². The third kappa shape index (κ3) is 5.18. The van der Waals surface area contributed by atoms with Crippen LogP contribution in [0.5, 0.6) is 0 Å². The van der Waals surface area contributed by atoms with E-state index in [4.69, 9.17) is 10.9 Å². The second kappa shape index (κ2) is 9.04. The van der Waals surface area contributed by atoms with Crippen LogP contribution in [0.15, 0.2) is 81.4 Å². The molecule has 0 unspecified atom stereocenters. The van der Waals surface area contributed by atoms with Gasteiger partial charge in [-0.3, -0.25) is 4.79 Å². The predicted molar refractivity (Wildman–Crippen MR) is 127 cm³/mol. The number of carbonyl (C=O) groups excluding carboxylic acids is 1. The first kappa shape index (κ1) is 25.1. The summed E-state index contributed by atoms with van der Waals surface area (Å²) in [4.78, 5) is 10.5. The Labute approximate surface area is 198 Å². The van der Waals surface area contributed by atoms with Gasteiger partial charge < -0.3 is 10.8 Å². The van der Waals surface area contributed by atoms with E-state index in [0.717, 1.165) is 6.07 Å². The van der Waals surface area contributed by atoms with E-state index in [1.165, 1.54) is 38.1 Å². The number of primary sulfonamides is 1. The molecule has 0 aliphatic heterocycles. The molecule has 3 rings (SSSR count). The van der Waals surface area contributed by atoms with E-state index in [9.17, 15) is 26.7 Å². The molecule has 5 N–H and O–H groups in total. The molecule has 0 atom stereocenters. The maximum absolute atomic E-state index is 13.7. The molecule has 0 heterocycles. The number of sulfone groups is 1. The SMILES string of the molecule is CC(C)(O)C#Cc1cccc(S(=O)(=O)c2cccc(-c3ccccc3)c2C(N)=O)c1S(N)(=O)=O. The molecule has 0 radical (unpaired) electrons. The number of primary amides is 1. The minimum absolute atomic E-state index is 0.217. The van der Waals surface area contributed by atoms with E-state index < -0.39 is 46.1 Å². The van der Waals surface area contributed by atoms with E-state index in [1.54, 1.807) is 36.4 Å². The average Bonchev–Trinajstić information content (AvgIpc) is 2.76. The van der Waals surface area contributed by atoms with Gasteiger partial charge in [-0.15, -0.1) is 0 Å². The van der Waals surface area contributed by atoms with Crippen LogP contribution in [0.1, 0.15) is 29.8 Å². The monoisotopic (exact) mass is 498 g/mol. The Bertz CT molecular complexity index is 1540. The molecule has 0 bridgehead atoms. The van der Waals surface area contributed by atoms with Crippen LogP contribution in [0.2, 0.25) is 0 Å². The Balaban J connectivity index is 2.39. The highest BCUT2D eigenvalue weighted by molar-refractivity contribution is 7.93. The molecule has 0 aromatic heterocycles. The van der Waals surface area contributed by atoms with Crippen molar-refractivity contribution in [3.8, 4) is 23.0 Å². The Hall–Kier alpha value is -3.49. The molecular formula is C24H22N2O6S2. The van der Waals surface area contributed by atoms with Gasteiger partial charge in [0.15, 0.2) is 0 Å². The number of sulfonamides is 1. The van der Waals surface area contributed by atoms with Crippen LogP contribution in [-0.4, -0.2) is 33.5 Å². The lowest BCUT2D eigenvalue weighted by Crippen LogP contribution is -2.22. The minimum atomic E-state index is -4.63. The molecule has 0 spiro atoms. The number of benzene rings is 3. The zero-order valence-electron chi connectivity index (χ0n) is 18.3. The first-order valence-corrected chi connectivity index (χ1v) is 12.9. The summed E-state index contributed by atoms with van der Waals surface area (Å²) in [6.07, 6.45) is 0. The molecule has 0 saturated carbocycles. The summed E-state index contributed by atoms with van der Waals surface area (Å²) in [5.74, 6) is 3.92. The number of rotatable bonds is 5. The number of amides is 1. The Morgan fingerprint density at radius 1 is 0.882 bits per heavy atom. The second-order valence-electron chi connectivity index (χ2n) is 7.90. The van der Waals surface area contributed by atoms with Crippen LogP contribution in [0, 0.1) is 11.8 Å². The highest BCUT2D eigenvalue weighted by Crippen LogP contribution is 2.34. The molecule has 0 aliphatic rings. The molecule has 10 heteroatoms. The first-order valence-electron chi connectivity index (χ1n) is 9.88. The lowest BCUT2D eigenvalue weighted by atomic mass is 9.99. The van der Waals surface area contributed by atoms with E-state index in [0.29, 0.717) is 5.56 Å². The normalized spacial score (nSPS) is 12.0. The third-order valence-electron chi connectivity index (χ3n) is 4.70. The van der Waals surface area contributed by atoms with Gasteiger partial charge in [0.25, 0.3) is 5.91 Å². The number of aliphatic hydroxyl groups is 1. The molecule has 0 saturated heterocycles. The fraction of sp³-hybridized carbons (Fsp3) is 0.125. The second-order valence-corrected chi connectivity index (χ2v) is 11.3. The van der Waals surface area contributed by atoms with Crippen molar-refractivity contribution in [1.82, 2.24) is 0 Å². The van der Waals surface area contributed by atoms with Crippen molar-refractivity contribution in [2.75, 3.05) is 0 Å². The minimum Gasteiger partial charge on any atom is -0.378 e. The van der Waals surface area contributed by atoms with E-state index >= 15 is 0 Å². The highest BCUT2D eigenvalue weighted by atomic mass is 32.2. The third-order valence-corrected chi connectivity index (χ3v) is 7.68. The highest BCUT2D eigenvalue weighted by Gasteiger charge is 2.32.